The Hall–Kier alpha value is -1.33. The fraction of sp³-hybridized carbons (Fsp3) is 0.333. The van der Waals surface area contributed by atoms with Crippen molar-refractivity contribution in [1.82, 2.24) is 0 Å². The van der Waals surface area contributed by atoms with Crippen LogP contribution >= 0.6 is 0 Å². The Morgan fingerprint density at radius 2 is 2.29 bits per heavy atom. The smallest absolute Gasteiger partial charge is 0.129 e. The van der Waals surface area contributed by atoms with E-state index in [0.717, 1.165) is 5.56 Å². The first kappa shape index (κ1) is 10.7. The van der Waals surface area contributed by atoms with Gasteiger partial charge < -0.3 is 5.11 Å². The van der Waals surface area contributed by atoms with E-state index in [2.05, 4.69) is 5.92 Å². The quantitative estimate of drug-likeness (QED) is 0.730. The van der Waals surface area contributed by atoms with Crippen LogP contribution in [0.4, 0.5) is 4.39 Å². The third-order valence-electron chi connectivity index (χ3n) is 2.08. The topological polar surface area (TPSA) is 20.2 Å². The molecule has 1 aromatic carbocycles. The molecule has 0 saturated carbocycles. The molecule has 0 spiro atoms. The fourth-order valence-electron chi connectivity index (χ4n) is 1.28. The molecule has 0 aromatic heterocycles. The first-order chi connectivity index (χ1) is 6.65. The molecule has 1 unspecified atom stereocenters. The summed E-state index contributed by atoms with van der Waals surface area (Å²) in [7, 11) is 0. The highest BCUT2D eigenvalue weighted by atomic mass is 19.1. The van der Waals surface area contributed by atoms with Gasteiger partial charge in [0.15, 0.2) is 0 Å². The summed E-state index contributed by atoms with van der Waals surface area (Å²) in [6.45, 7) is 1.81. The third kappa shape index (κ3) is 2.58. The van der Waals surface area contributed by atoms with Crippen molar-refractivity contribution in [3.05, 3.63) is 35.1 Å². The third-order valence-corrected chi connectivity index (χ3v) is 2.08. The molecule has 0 fully saturated rings. The van der Waals surface area contributed by atoms with E-state index in [0.29, 0.717) is 18.4 Å². The fourth-order valence-corrected chi connectivity index (χ4v) is 1.28. The number of aryl methyl sites for hydroxylation is 1. The van der Waals surface area contributed by atoms with E-state index < -0.39 is 6.10 Å². The molecule has 1 rings (SSSR count). The van der Waals surface area contributed by atoms with E-state index in [-0.39, 0.29) is 5.82 Å². The highest BCUT2D eigenvalue weighted by molar-refractivity contribution is 5.25. The van der Waals surface area contributed by atoms with Crippen LogP contribution < -0.4 is 0 Å². The summed E-state index contributed by atoms with van der Waals surface area (Å²) in [4.78, 5) is 0. The zero-order valence-electron chi connectivity index (χ0n) is 8.13. The maximum absolute atomic E-state index is 13.3. The van der Waals surface area contributed by atoms with E-state index in [4.69, 9.17) is 6.42 Å². The van der Waals surface area contributed by atoms with Gasteiger partial charge in [-0.15, -0.1) is 12.3 Å². The van der Waals surface area contributed by atoms with E-state index in [1.807, 2.05) is 0 Å². The van der Waals surface area contributed by atoms with Crippen molar-refractivity contribution in [3.63, 3.8) is 0 Å². The van der Waals surface area contributed by atoms with Crippen LogP contribution in [0.25, 0.3) is 0 Å². The molecule has 0 saturated heterocycles. The number of aliphatic hydroxyl groups is 1. The predicted octanol–water partition coefficient (Wildman–Crippen LogP) is 2.58. The van der Waals surface area contributed by atoms with Gasteiger partial charge in [0.1, 0.15) is 5.82 Å². The maximum atomic E-state index is 13.3. The lowest BCUT2D eigenvalue weighted by molar-refractivity contribution is 0.165. The molecule has 74 valence electrons. The Kier molecular flexibility index (Phi) is 3.67. The van der Waals surface area contributed by atoms with Crippen molar-refractivity contribution in [3.8, 4) is 12.3 Å². The van der Waals surface area contributed by atoms with E-state index >= 15 is 0 Å². The van der Waals surface area contributed by atoms with Crippen LogP contribution in [0.2, 0.25) is 0 Å². The molecule has 0 aliphatic heterocycles. The van der Waals surface area contributed by atoms with Crippen molar-refractivity contribution < 1.29 is 9.50 Å². The summed E-state index contributed by atoms with van der Waals surface area (Å²) in [5.74, 6) is 2.05. The van der Waals surface area contributed by atoms with Crippen molar-refractivity contribution >= 4 is 0 Å². The van der Waals surface area contributed by atoms with Gasteiger partial charge in [0, 0.05) is 12.0 Å². The van der Waals surface area contributed by atoms with Crippen LogP contribution in [-0.2, 0) is 0 Å². The zero-order chi connectivity index (χ0) is 10.6. The molecule has 0 heterocycles. The van der Waals surface area contributed by atoms with Crippen molar-refractivity contribution in [1.29, 1.82) is 0 Å². The Morgan fingerprint density at radius 1 is 1.57 bits per heavy atom. The number of benzene rings is 1. The number of terminal acetylenes is 1. The number of halogens is 1. The number of rotatable bonds is 3. The lowest BCUT2D eigenvalue weighted by Crippen LogP contribution is -2.00. The Morgan fingerprint density at radius 3 is 2.86 bits per heavy atom. The highest BCUT2D eigenvalue weighted by Gasteiger charge is 2.11. The van der Waals surface area contributed by atoms with Gasteiger partial charge in [-0.25, -0.2) is 4.39 Å². The molecule has 1 atom stereocenters. The average Bonchev–Trinajstić information content (AvgIpc) is 2.14. The van der Waals surface area contributed by atoms with Gasteiger partial charge in [-0.1, -0.05) is 12.1 Å². The summed E-state index contributed by atoms with van der Waals surface area (Å²) in [5.41, 5.74) is 1.17. The van der Waals surface area contributed by atoms with Crippen molar-refractivity contribution in [2.24, 2.45) is 0 Å². The lowest BCUT2D eigenvalue weighted by atomic mass is 10.0. The summed E-state index contributed by atoms with van der Waals surface area (Å²) in [6.07, 6.45) is 5.11. The van der Waals surface area contributed by atoms with Gasteiger partial charge >= 0.3 is 0 Å². The largest absolute Gasteiger partial charge is 0.388 e. The van der Waals surface area contributed by atoms with Gasteiger partial charge in [-0.2, -0.15) is 0 Å². The van der Waals surface area contributed by atoms with Gasteiger partial charge in [0.25, 0.3) is 0 Å². The molecule has 0 radical (unpaired) electrons. The van der Waals surface area contributed by atoms with Crippen LogP contribution in [-0.4, -0.2) is 5.11 Å². The minimum Gasteiger partial charge on any atom is -0.388 e. The van der Waals surface area contributed by atoms with Gasteiger partial charge in [-0.3, -0.25) is 0 Å². The van der Waals surface area contributed by atoms with Crippen molar-refractivity contribution in [2.75, 3.05) is 0 Å². The van der Waals surface area contributed by atoms with Crippen LogP contribution in [0, 0.1) is 25.1 Å². The molecule has 0 aliphatic rings. The number of hydrogen-bond donors (Lipinski definition) is 1. The predicted molar refractivity (Wildman–Crippen MR) is 54.2 cm³/mol. The molecule has 0 amide bonds. The molecule has 0 aliphatic carbocycles. The van der Waals surface area contributed by atoms with Gasteiger partial charge in [-0.05, 0) is 25.0 Å². The molecule has 2 heteroatoms. The second kappa shape index (κ2) is 4.78. The summed E-state index contributed by atoms with van der Waals surface area (Å²) >= 11 is 0. The maximum Gasteiger partial charge on any atom is 0.129 e. The minimum atomic E-state index is -0.799. The molecular formula is C12H13FO. The van der Waals surface area contributed by atoms with E-state index in [1.54, 1.807) is 19.1 Å². The van der Waals surface area contributed by atoms with E-state index in [9.17, 15) is 9.50 Å². The number of aliphatic hydroxyl groups excluding tert-OH is 1. The van der Waals surface area contributed by atoms with Crippen LogP contribution in [0.15, 0.2) is 18.2 Å². The SMILES string of the molecule is C#CCCC(O)c1ccc(C)cc1F. The zero-order valence-corrected chi connectivity index (χ0v) is 8.13. The Bertz CT molecular complexity index is 352. The Labute approximate surface area is 83.6 Å². The highest BCUT2D eigenvalue weighted by Crippen LogP contribution is 2.21. The summed E-state index contributed by atoms with van der Waals surface area (Å²) in [6, 6.07) is 4.79. The molecule has 14 heavy (non-hydrogen) atoms. The van der Waals surface area contributed by atoms with Crippen molar-refractivity contribution in [2.45, 2.75) is 25.9 Å². The summed E-state index contributed by atoms with van der Waals surface area (Å²) in [5, 5.41) is 9.59. The number of hydrogen-bond acceptors (Lipinski definition) is 1. The molecule has 1 nitrogen and oxygen atoms in total. The van der Waals surface area contributed by atoms with Crippen LogP contribution in [0.3, 0.4) is 0 Å². The second-order valence-corrected chi connectivity index (χ2v) is 3.28. The normalized spacial score (nSPS) is 12.1. The second-order valence-electron chi connectivity index (χ2n) is 3.28. The lowest BCUT2D eigenvalue weighted by Gasteiger charge is -2.10. The first-order valence-electron chi connectivity index (χ1n) is 4.52. The Balaban J connectivity index is 2.80. The van der Waals surface area contributed by atoms with E-state index in [1.165, 1.54) is 6.07 Å². The standard InChI is InChI=1S/C12H13FO/c1-3-4-5-12(14)10-7-6-9(2)8-11(10)13/h1,6-8,12,14H,4-5H2,2H3. The monoisotopic (exact) mass is 192 g/mol. The summed E-state index contributed by atoms with van der Waals surface area (Å²) < 4.78 is 13.3. The first-order valence-corrected chi connectivity index (χ1v) is 4.52. The molecule has 1 N–H and O–H groups in total. The molecular weight excluding hydrogens is 179 g/mol. The minimum absolute atomic E-state index is 0.325. The van der Waals surface area contributed by atoms with Crippen LogP contribution in [0.1, 0.15) is 30.1 Å². The van der Waals surface area contributed by atoms with Gasteiger partial charge in [0.05, 0.1) is 6.10 Å². The molecule has 0 bridgehead atoms. The van der Waals surface area contributed by atoms with Crippen LogP contribution in [0.5, 0.6) is 0 Å². The average molecular weight is 192 g/mol. The van der Waals surface area contributed by atoms with Gasteiger partial charge in [0.2, 0.25) is 0 Å². The molecule has 1 aromatic rings.